The number of hydrogen-bond acceptors (Lipinski definition) is 5. The monoisotopic (exact) mass is 613 g/mol. The molecule has 3 aromatic heterocycles. The maximum absolute atomic E-state index is 5.58. The van der Waals surface area contributed by atoms with Gasteiger partial charge in [-0.1, -0.05) is 85.5 Å². The summed E-state index contributed by atoms with van der Waals surface area (Å²) in [6.45, 7) is 7.14. The Morgan fingerprint density at radius 3 is 1.33 bits per heavy atom. The van der Waals surface area contributed by atoms with Crippen molar-refractivity contribution in [2.24, 2.45) is 0 Å². The lowest BCUT2D eigenvalue weighted by Gasteiger charge is -2.17. The van der Waals surface area contributed by atoms with Gasteiger partial charge in [-0.3, -0.25) is 0 Å². The van der Waals surface area contributed by atoms with Gasteiger partial charge < -0.3 is 8.83 Å². The topological polar surface area (TPSA) is 65.0 Å². The lowest BCUT2D eigenvalue weighted by molar-refractivity contribution is 0.615. The normalized spacial score (nSPS) is 11.8. The van der Waals surface area contributed by atoms with E-state index in [0.29, 0.717) is 17.5 Å². The van der Waals surface area contributed by atoms with Crippen LogP contribution in [-0.4, -0.2) is 23.0 Å². The van der Waals surface area contributed by atoms with Crippen molar-refractivity contribution in [2.75, 3.05) is 0 Å². The van der Waals surface area contributed by atoms with Crippen LogP contribution in [0, 0.1) is 0 Å². The van der Waals surface area contributed by atoms with E-state index in [-0.39, 0.29) is 0 Å². The summed E-state index contributed by atoms with van der Waals surface area (Å²) in [5.74, 6) is 1.81. The molecule has 0 saturated heterocycles. The van der Waals surface area contributed by atoms with Crippen LogP contribution in [0.1, 0.15) is 0 Å². The van der Waals surface area contributed by atoms with Crippen LogP contribution in [0.3, 0.4) is 0 Å². The molecule has 0 N–H and O–H groups in total. The molecule has 0 aliphatic rings. The quantitative estimate of drug-likeness (QED) is 0.175. The van der Waals surface area contributed by atoms with E-state index in [1.165, 1.54) is 16.3 Å². The smallest absolute Gasteiger partial charge is 0.164 e. The molecule has 5 nitrogen and oxygen atoms in total. The molecule has 0 spiro atoms. The largest absolute Gasteiger partial charge is 0.464 e. The molecule has 0 unspecified atom stereocenters. The van der Waals surface area contributed by atoms with E-state index >= 15 is 0 Å². The van der Waals surface area contributed by atoms with Crippen LogP contribution in [0.25, 0.3) is 78.4 Å². The molecule has 46 heavy (non-hydrogen) atoms. The van der Waals surface area contributed by atoms with Crippen molar-refractivity contribution < 1.29 is 8.83 Å². The first-order valence-electron chi connectivity index (χ1n) is 15.4. The zero-order chi connectivity index (χ0) is 31.3. The van der Waals surface area contributed by atoms with Gasteiger partial charge in [0, 0.05) is 27.5 Å². The minimum absolute atomic E-state index is 0.601. The molecule has 3 heterocycles. The van der Waals surface area contributed by atoms with Crippen molar-refractivity contribution >= 4 is 35.2 Å². The molecule has 0 aliphatic heterocycles. The summed E-state index contributed by atoms with van der Waals surface area (Å²) in [6, 6.07) is 42.1. The van der Waals surface area contributed by atoms with E-state index < -0.39 is 8.07 Å². The third-order valence-corrected chi connectivity index (χ3v) is 10.5. The molecular formula is C40H31N3O2Si. The van der Waals surface area contributed by atoms with Crippen molar-refractivity contribution in [1.82, 2.24) is 15.0 Å². The highest BCUT2D eigenvalue weighted by Gasteiger charge is 2.17. The van der Waals surface area contributed by atoms with Gasteiger partial charge in [0.05, 0.1) is 20.6 Å². The Bertz CT molecular complexity index is 2270. The van der Waals surface area contributed by atoms with Gasteiger partial charge in [0.1, 0.15) is 11.2 Å². The van der Waals surface area contributed by atoms with Gasteiger partial charge in [0.2, 0.25) is 0 Å². The Morgan fingerprint density at radius 1 is 0.413 bits per heavy atom. The minimum atomic E-state index is -1.35. The molecule has 0 amide bonds. The number of fused-ring (bicyclic) bond motifs is 2. The molecular weight excluding hydrogens is 583 g/mol. The zero-order valence-corrected chi connectivity index (χ0v) is 26.9. The minimum Gasteiger partial charge on any atom is -0.464 e. The van der Waals surface area contributed by atoms with E-state index in [1.807, 2.05) is 36.4 Å². The number of nitrogens with zero attached hydrogens (tertiary/aromatic N) is 3. The van der Waals surface area contributed by atoms with Crippen LogP contribution in [0.15, 0.2) is 143 Å². The van der Waals surface area contributed by atoms with E-state index in [2.05, 4.69) is 105 Å². The molecule has 8 aromatic rings. The molecule has 0 saturated carbocycles. The Labute approximate surface area is 268 Å². The SMILES string of the molecule is C[Si](C)(C)c1ccc(-c2cccc(-c3cccc(-c4nc(-c5ccc6occc6c5)nc(-c5ccc6occc6c5)n4)c3)c2)cc1. The first-order chi connectivity index (χ1) is 22.4. The second-order valence-corrected chi connectivity index (χ2v) is 17.7. The molecule has 222 valence electrons. The first-order valence-corrected chi connectivity index (χ1v) is 18.9. The molecule has 0 radical (unpaired) electrons. The van der Waals surface area contributed by atoms with Crippen LogP contribution >= 0.6 is 0 Å². The summed E-state index contributed by atoms with van der Waals surface area (Å²) in [4.78, 5) is 15.0. The van der Waals surface area contributed by atoms with Crippen molar-refractivity contribution in [1.29, 1.82) is 0 Å². The predicted octanol–water partition coefficient (Wildman–Crippen LogP) is 10.2. The third kappa shape index (κ3) is 5.33. The summed E-state index contributed by atoms with van der Waals surface area (Å²) in [7, 11) is -1.35. The molecule has 0 bridgehead atoms. The number of furan rings is 2. The van der Waals surface area contributed by atoms with Crippen molar-refractivity contribution in [3.8, 4) is 56.4 Å². The molecule has 0 atom stereocenters. The third-order valence-electron chi connectivity index (χ3n) is 8.46. The standard InChI is InChI=1S/C40H31N3O2Si/c1-46(2,3)35-14-10-26(11-15-35)27-6-4-7-28(22-27)29-8-5-9-32(23-29)38-41-39(33-12-16-36-30(24-33)18-20-44-36)43-40(42-38)34-13-17-37-31(25-34)19-21-45-37/h4-25H,1-3H3. The first kappa shape index (κ1) is 27.9. The lowest BCUT2D eigenvalue weighted by Crippen LogP contribution is -2.37. The van der Waals surface area contributed by atoms with Crippen LogP contribution < -0.4 is 5.19 Å². The van der Waals surface area contributed by atoms with Gasteiger partial charge in [0.15, 0.2) is 17.5 Å². The lowest BCUT2D eigenvalue weighted by atomic mass is 9.98. The molecule has 8 rings (SSSR count). The Kier molecular flexibility index (Phi) is 6.73. The van der Waals surface area contributed by atoms with E-state index in [0.717, 1.165) is 49.8 Å². The average molecular weight is 614 g/mol. The van der Waals surface area contributed by atoms with Gasteiger partial charge in [-0.05, 0) is 82.9 Å². The summed E-state index contributed by atoms with van der Waals surface area (Å²) in [5, 5.41) is 3.46. The van der Waals surface area contributed by atoms with Gasteiger partial charge in [-0.2, -0.15) is 0 Å². The zero-order valence-electron chi connectivity index (χ0n) is 25.9. The fraction of sp³-hybridized carbons (Fsp3) is 0.0750. The van der Waals surface area contributed by atoms with Crippen LogP contribution in [0.2, 0.25) is 19.6 Å². The summed E-state index contributed by atoms with van der Waals surface area (Å²) in [5.41, 5.74) is 9.01. The fourth-order valence-electron chi connectivity index (χ4n) is 5.85. The highest BCUT2D eigenvalue weighted by Crippen LogP contribution is 2.32. The Balaban J connectivity index is 1.21. The number of benzene rings is 5. The predicted molar refractivity (Wildman–Crippen MR) is 190 cm³/mol. The second kappa shape index (κ2) is 11.1. The van der Waals surface area contributed by atoms with Gasteiger partial charge in [0.25, 0.3) is 0 Å². The Morgan fingerprint density at radius 2 is 0.826 bits per heavy atom. The van der Waals surface area contributed by atoms with E-state index in [1.54, 1.807) is 12.5 Å². The summed E-state index contributed by atoms with van der Waals surface area (Å²) < 4.78 is 11.2. The average Bonchev–Trinajstić information content (AvgIpc) is 3.77. The number of aromatic nitrogens is 3. The van der Waals surface area contributed by atoms with E-state index in [4.69, 9.17) is 23.8 Å². The highest BCUT2D eigenvalue weighted by molar-refractivity contribution is 6.88. The van der Waals surface area contributed by atoms with E-state index in [9.17, 15) is 0 Å². The van der Waals surface area contributed by atoms with Gasteiger partial charge in [-0.15, -0.1) is 0 Å². The summed E-state index contributed by atoms with van der Waals surface area (Å²) in [6.07, 6.45) is 3.39. The highest BCUT2D eigenvalue weighted by atomic mass is 28.3. The van der Waals surface area contributed by atoms with Crippen LogP contribution in [0.5, 0.6) is 0 Å². The second-order valence-electron chi connectivity index (χ2n) is 12.6. The van der Waals surface area contributed by atoms with Crippen LogP contribution in [-0.2, 0) is 0 Å². The Hall–Kier alpha value is -5.59. The number of rotatable bonds is 6. The summed E-state index contributed by atoms with van der Waals surface area (Å²) >= 11 is 0. The van der Waals surface area contributed by atoms with Gasteiger partial charge >= 0.3 is 0 Å². The fourth-order valence-corrected chi connectivity index (χ4v) is 7.02. The molecule has 5 aromatic carbocycles. The molecule has 6 heteroatoms. The maximum atomic E-state index is 5.58. The maximum Gasteiger partial charge on any atom is 0.164 e. The van der Waals surface area contributed by atoms with Crippen molar-refractivity contribution in [2.45, 2.75) is 19.6 Å². The van der Waals surface area contributed by atoms with Crippen LogP contribution in [0.4, 0.5) is 0 Å². The van der Waals surface area contributed by atoms with Crippen molar-refractivity contribution in [3.05, 3.63) is 134 Å². The van der Waals surface area contributed by atoms with Crippen molar-refractivity contribution in [3.63, 3.8) is 0 Å². The molecule has 0 aliphatic carbocycles. The van der Waals surface area contributed by atoms with Gasteiger partial charge in [-0.25, -0.2) is 15.0 Å². The molecule has 0 fully saturated rings. The number of hydrogen-bond donors (Lipinski definition) is 0.